The maximum Gasteiger partial charge on any atom is 0.356 e. The highest BCUT2D eigenvalue weighted by molar-refractivity contribution is 7.53. The van der Waals surface area contributed by atoms with Gasteiger partial charge in [0.15, 0.2) is 5.65 Å². The highest BCUT2D eigenvalue weighted by Crippen LogP contribution is 2.54. The smallest absolute Gasteiger partial charge is 0.356 e. The summed E-state index contributed by atoms with van der Waals surface area (Å²) in [6.07, 6.45) is 3.04. The molecule has 27 heavy (non-hydrogen) atoms. The molecule has 0 aromatic carbocycles. The summed E-state index contributed by atoms with van der Waals surface area (Å²) in [6.45, 7) is 7.21. The Kier molecular flexibility index (Phi) is 5.45. The van der Waals surface area contributed by atoms with E-state index in [1.165, 1.54) is 0 Å². The number of aromatic amines is 1. The summed E-state index contributed by atoms with van der Waals surface area (Å²) in [5.74, 6) is 0.0279. The summed E-state index contributed by atoms with van der Waals surface area (Å²) < 4.78 is 31.2. The van der Waals surface area contributed by atoms with Crippen LogP contribution in [0.4, 0.5) is 5.95 Å². The normalized spacial score (nSPS) is 16.5. The van der Waals surface area contributed by atoms with Crippen LogP contribution < -0.4 is 11.4 Å². The lowest BCUT2D eigenvalue weighted by molar-refractivity contribution is 0.0379. The standard InChI is InChI=1S/C16H26N5O5P/c1-10(2)25-27(23,26-11(3)4)9-24-16(5-6-16)7-12-8-18-21-13(12)19-14(17)20-15(21)22/h8,10-11H,5-7,9H2,1-4H3,(H3,17,19,20,22). The quantitative estimate of drug-likeness (QED) is 0.612. The topological polar surface area (TPSA) is 134 Å². The SMILES string of the molecule is CC(C)OP(=O)(COC1(Cc2cnn3c(=O)[nH]c(N)nc23)CC1)OC(C)C. The predicted octanol–water partition coefficient (Wildman–Crippen LogP) is 2.09. The number of nitrogens with one attached hydrogen (secondary N) is 1. The van der Waals surface area contributed by atoms with Gasteiger partial charge in [0.25, 0.3) is 0 Å². The van der Waals surface area contributed by atoms with E-state index in [9.17, 15) is 9.36 Å². The summed E-state index contributed by atoms with van der Waals surface area (Å²) in [6, 6.07) is 0. The molecule has 0 bridgehead atoms. The first kappa shape index (κ1) is 20.0. The maximum atomic E-state index is 13.0. The van der Waals surface area contributed by atoms with Crippen molar-refractivity contribution in [2.75, 3.05) is 12.1 Å². The molecule has 3 N–H and O–H groups in total. The van der Waals surface area contributed by atoms with Crippen LogP contribution in [-0.2, 0) is 24.8 Å². The van der Waals surface area contributed by atoms with Gasteiger partial charge in [-0.3, -0.25) is 9.55 Å². The van der Waals surface area contributed by atoms with Gasteiger partial charge in [0.2, 0.25) is 5.95 Å². The first-order chi connectivity index (χ1) is 12.6. The summed E-state index contributed by atoms with van der Waals surface area (Å²) in [7, 11) is -3.38. The van der Waals surface area contributed by atoms with Gasteiger partial charge in [-0.15, -0.1) is 0 Å². The lowest BCUT2D eigenvalue weighted by atomic mass is 10.1. The molecule has 2 aromatic rings. The lowest BCUT2D eigenvalue weighted by Crippen LogP contribution is -2.22. The van der Waals surface area contributed by atoms with Crippen LogP contribution in [0.2, 0.25) is 0 Å². The Morgan fingerprint density at radius 2 is 1.93 bits per heavy atom. The van der Waals surface area contributed by atoms with Crippen molar-refractivity contribution in [3.8, 4) is 0 Å². The minimum Gasteiger partial charge on any atom is -0.369 e. The number of hydrogen-bond acceptors (Lipinski definition) is 8. The molecule has 0 aliphatic heterocycles. The second-order valence-corrected chi connectivity index (χ2v) is 9.29. The number of H-pyrrole nitrogens is 1. The number of ether oxygens (including phenoxy) is 1. The number of anilines is 1. The number of rotatable bonds is 9. The molecule has 0 radical (unpaired) electrons. The third-order valence-electron chi connectivity index (χ3n) is 4.06. The molecular weight excluding hydrogens is 373 g/mol. The van der Waals surface area contributed by atoms with Crippen molar-refractivity contribution in [2.24, 2.45) is 0 Å². The number of aromatic nitrogens is 4. The average molecular weight is 399 g/mol. The molecule has 150 valence electrons. The molecule has 2 heterocycles. The van der Waals surface area contributed by atoms with E-state index in [0.717, 1.165) is 22.9 Å². The van der Waals surface area contributed by atoms with Gasteiger partial charge in [-0.2, -0.15) is 14.6 Å². The van der Waals surface area contributed by atoms with E-state index >= 15 is 0 Å². The Balaban J connectivity index is 1.74. The van der Waals surface area contributed by atoms with E-state index in [4.69, 9.17) is 19.5 Å². The van der Waals surface area contributed by atoms with Gasteiger partial charge in [-0.25, -0.2) is 4.79 Å². The molecule has 10 nitrogen and oxygen atoms in total. The average Bonchev–Trinajstić information content (AvgIpc) is 3.18. The monoisotopic (exact) mass is 399 g/mol. The van der Waals surface area contributed by atoms with Gasteiger partial charge < -0.3 is 19.5 Å². The Labute approximate surface area is 156 Å². The van der Waals surface area contributed by atoms with Crippen molar-refractivity contribution in [3.05, 3.63) is 22.2 Å². The van der Waals surface area contributed by atoms with Gasteiger partial charge in [0, 0.05) is 12.0 Å². The van der Waals surface area contributed by atoms with E-state index in [1.54, 1.807) is 33.9 Å². The molecule has 0 unspecified atom stereocenters. The second-order valence-electron chi connectivity index (χ2n) is 7.38. The van der Waals surface area contributed by atoms with E-state index in [2.05, 4.69) is 15.1 Å². The van der Waals surface area contributed by atoms with Gasteiger partial charge in [-0.1, -0.05) is 0 Å². The van der Waals surface area contributed by atoms with E-state index < -0.39 is 18.9 Å². The molecular formula is C16H26N5O5P. The third-order valence-corrected chi connectivity index (χ3v) is 5.99. The Bertz CT molecular complexity index is 904. The summed E-state index contributed by atoms with van der Waals surface area (Å²) in [5.41, 5.74) is 5.83. The van der Waals surface area contributed by atoms with Crippen LogP contribution in [0.25, 0.3) is 5.65 Å². The van der Waals surface area contributed by atoms with Crippen LogP contribution in [0.3, 0.4) is 0 Å². The Morgan fingerprint density at radius 3 is 2.48 bits per heavy atom. The molecule has 1 aliphatic rings. The van der Waals surface area contributed by atoms with Crippen molar-refractivity contribution in [3.63, 3.8) is 0 Å². The first-order valence-electron chi connectivity index (χ1n) is 8.94. The molecule has 1 saturated carbocycles. The van der Waals surface area contributed by atoms with Gasteiger partial charge >= 0.3 is 13.3 Å². The van der Waals surface area contributed by atoms with Crippen molar-refractivity contribution in [1.82, 2.24) is 19.6 Å². The molecule has 0 amide bonds. The Morgan fingerprint density at radius 1 is 1.30 bits per heavy atom. The molecule has 11 heteroatoms. The highest BCUT2D eigenvalue weighted by Gasteiger charge is 2.47. The number of nitrogens with two attached hydrogens (primary N) is 1. The molecule has 2 aromatic heterocycles. The molecule has 1 aliphatic carbocycles. The minimum atomic E-state index is -3.38. The fourth-order valence-electron chi connectivity index (χ4n) is 2.88. The summed E-state index contributed by atoms with van der Waals surface area (Å²) >= 11 is 0. The minimum absolute atomic E-state index is 0.0279. The Hall–Kier alpha value is -1.74. The number of fused-ring (bicyclic) bond motifs is 1. The highest BCUT2D eigenvalue weighted by atomic mass is 31.2. The van der Waals surface area contributed by atoms with Crippen LogP contribution in [0, 0.1) is 0 Å². The van der Waals surface area contributed by atoms with Crippen LogP contribution in [0.5, 0.6) is 0 Å². The fraction of sp³-hybridized carbons (Fsp3) is 0.688. The number of nitrogens with zero attached hydrogens (tertiary/aromatic N) is 3. The maximum absolute atomic E-state index is 13.0. The molecule has 3 rings (SSSR count). The summed E-state index contributed by atoms with van der Waals surface area (Å²) in [4.78, 5) is 18.4. The van der Waals surface area contributed by atoms with Crippen LogP contribution >= 0.6 is 7.60 Å². The molecule has 0 spiro atoms. The first-order valence-corrected chi connectivity index (χ1v) is 10.7. The van der Waals surface area contributed by atoms with Crippen molar-refractivity contribution in [2.45, 2.75) is 64.8 Å². The van der Waals surface area contributed by atoms with Crippen LogP contribution in [0.1, 0.15) is 46.1 Å². The largest absolute Gasteiger partial charge is 0.369 e. The zero-order valence-corrected chi connectivity index (χ0v) is 16.9. The molecule has 0 saturated heterocycles. The summed E-state index contributed by atoms with van der Waals surface area (Å²) in [5, 5.41) is 4.05. The van der Waals surface area contributed by atoms with Crippen molar-refractivity contribution < 1.29 is 18.3 Å². The van der Waals surface area contributed by atoms with Crippen molar-refractivity contribution >= 4 is 19.2 Å². The zero-order chi connectivity index (χ0) is 19.8. The van der Waals surface area contributed by atoms with E-state index in [-0.39, 0.29) is 24.5 Å². The van der Waals surface area contributed by atoms with Gasteiger partial charge in [0.05, 0.1) is 24.0 Å². The van der Waals surface area contributed by atoms with Gasteiger partial charge in [0.1, 0.15) is 6.35 Å². The third kappa shape index (κ3) is 4.76. The van der Waals surface area contributed by atoms with Crippen molar-refractivity contribution in [1.29, 1.82) is 0 Å². The molecule has 1 fully saturated rings. The fourth-order valence-corrected chi connectivity index (χ4v) is 4.76. The lowest BCUT2D eigenvalue weighted by Gasteiger charge is -2.25. The zero-order valence-electron chi connectivity index (χ0n) is 16.0. The molecule has 0 atom stereocenters. The predicted molar refractivity (Wildman–Crippen MR) is 99.7 cm³/mol. The second kappa shape index (κ2) is 7.35. The van der Waals surface area contributed by atoms with Gasteiger partial charge in [-0.05, 0) is 40.5 Å². The van der Waals surface area contributed by atoms with Crippen LogP contribution in [-0.4, -0.2) is 43.7 Å². The van der Waals surface area contributed by atoms with E-state index in [1.807, 2.05) is 0 Å². The number of nitrogen functional groups attached to an aromatic ring is 1. The van der Waals surface area contributed by atoms with E-state index in [0.29, 0.717) is 12.1 Å². The van der Waals surface area contributed by atoms with Crippen LogP contribution in [0.15, 0.2) is 11.0 Å². The number of hydrogen-bond donors (Lipinski definition) is 2.